The van der Waals surface area contributed by atoms with Gasteiger partial charge in [-0.2, -0.15) is 0 Å². The van der Waals surface area contributed by atoms with Gasteiger partial charge in [0.1, 0.15) is 10.4 Å². The number of nitrogens with zero attached hydrogens (tertiary/aromatic N) is 2. The first-order valence-corrected chi connectivity index (χ1v) is 7.67. The highest BCUT2D eigenvalue weighted by Crippen LogP contribution is 2.34. The van der Waals surface area contributed by atoms with Gasteiger partial charge in [-0.25, -0.2) is 4.79 Å². The third-order valence-corrected chi connectivity index (χ3v) is 4.46. The standard InChI is InChI=1S/C14H12N2O5S2/c1-8(13(18)21-2)15-12(17)11(23-14(15)22)7-9-4-3-5-10(6-9)16(19)20/h3-8H,1-2H3/b11-7-. The van der Waals surface area contributed by atoms with E-state index in [1.54, 1.807) is 6.07 Å². The number of thiocarbonyl (C=S) groups is 1. The average molecular weight is 352 g/mol. The molecule has 7 nitrogen and oxygen atoms in total. The van der Waals surface area contributed by atoms with Crippen LogP contribution in [0.15, 0.2) is 29.2 Å². The fraction of sp³-hybridized carbons (Fsp3) is 0.214. The van der Waals surface area contributed by atoms with E-state index in [1.165, 1.54) is 43.2 Å². The summed E-state index contributed by atoms with van der Waals surface area (Å²) in [4.78, 5) is 35.8. The molecule has 1 unspecified atom stereocenters. The van der Waals surface area contributed by atoms with Crippen LogP contribution in [0.2, 0.25) is 0 Å². The highest BCUT2D eigenvalue weighted by molar-refractivity contribution is 8.26. The fourth-order valence-electron chi connectivity index (χ4n) is 1.97. The first-order chi connectivity index (χ1) is 10.8. The van der Waals surface area contributed by atoms with Crippen molar-refractivity contribution in [2.24, 2.45) is 0 Å². The minimum atomic E-state index is -0.830. The summed E-state index contributed by atoms with van der Waals surface area (Å²) >= 11 is 6.17. The van der Waals surface area contributed by atoms with Crippen molar-refractivity contribution in [1.29, 1.82) is 0 Å². The molecular weight excluding hydrogens is 340 g/mol. The molecule has 1 saturated heterocycles. The van der Waals surface area contributed by atoms with Crippen molar-refractivity contribution < 1.29 is 19.2 Å². The molecule has 0 aromatic heterocycles. The second-order valence-corrected chi connectivity index (χ2v) is 6.28. The highest BCUT2D eigenvalue weighted by atomic mass is 32.2. The van der Waals surface area contributed by atoms with Crippen LogP contribution in [0.3, 0.4) is 0 Å². The van der Waals surface area contributed by atoms with Crippen LogP contribution in [0, 0.1) is 10.1 Å². The molecule has 0 radical (unpaired) electrons. The van der Waals surface area contributed by atoms with Gasteiger partial charge in [0.05, 0.1) is 16.9 Å². The second-order valence-electron chi connectivity index (χ2n) is 4.60. The van der Waals surface area contributed by atoms with E-state index in [0.29, 0.717) is 10.5 Å². The first kappa shape index (κ1) is 17.1. The maximum absolute atomic E-state index is 12.4. The number of non-ortho nitro benzene ring substituents is 1. The predicted molar refractivity (Wildman–Crippen MR) is 89.6 cm³/mol. The number of amides is 1. The van der Waals surface area contributed by atoms with Crippen LogP contribution >= 0.6 is 24.0 Å². The number of esters is 1. The van der Waals surface area contributed by atoms with E-state index in [4.69, 9.17) is 12.2 Å². The van der Waals surface area contributed by atoms with Crippen molar-refractivity contribution in [2.45, 2.75) is 13.0 Å². The molecular formula is C14H12N2O5S2. The van der Waals surface area contributed by atoms with Crippen LogP contribution in [-0.2, 0) is 14.3 Å². The molecule has 1 aliphatic rings. The van der Waals surface area contributed by atoms with E-state index in [1.807, 2.05) is 0 Å². The molecule has 2 rings (SSSR count). The Morgan fingerprint density at radius 1 is 1.52 bits per heavy atom. The SMILES string of the molecule is COC(=O)C(C)N1C(=O)/C(=C/c2cccc([N+](=O)[O-])c2)SC1=S. The summed E-state index contributed by atoms with van der Waals surface area (Å²) in [6.45, 7) is 1.52. The third kappa shape index (κ3) is 3.57. The zero-order chi connectivity index (χ0) is 17.1. The van der Waals surface area contributed by atoms with Crippen LogP contribution in [0.1, 0.15) is 12.5 Å². The summed E-state index contributed by atoms with van der Waals surface area (Å²) < 4.78 is 4.86. The second kappa shape index (κ2) is 6.88. The van der Waals surface area contributed by atoms with Gasteiger partial charge >= 0.3 is 5.97 Å². The molecule has 1 fully saturated rings. The molecule has 0 saturated carbocycles. The molecule has 120 valence electrons. The average Bonchev–Trinajstić information content (AvgIpc) is 2.80. The largest absolute Gasteiger partial charge is 0.467 e. The predicted octanol–water partition coefficient (Wildman–Crippen LogP) is 2.36. The number of nitro benzene ring substituents is 1. The van der Waals surface area contributed by atoms with E-state index >= 15 is 0 Å². The maximum Gasteiger partial charge on any atom is 0.328 e. The number of carbonyl (C=O) groups excluding carboxylic acids is 2. The van der Waals surface area contributed by atoms with E-state index < -0.39 is 22.8 Å². The zero-order valence-corrected chi connectivity index (χ0v) is 13.8. The molecule has 1 atom stereocenters. The molecule has 9 heteroatoms. The van der Waals surface area contributed by atoms with Gasteiger partial charge in [0.15, 0.2) is 0 Å². The number of hydrogen-bond acceptors (Lipinski definition) is 7. The van der Waals surface area contributed by atoms with Crippen LogP contribution < -0.4 is 0 Å². The third-order valence-electron chi connectivity index (χ3n) is 3.13. The van der Waals surface area contributed by atoms with E-state index in [0.717, 1.165) is 11.8 Å². The van der Waals surface area contributed by atoms with Crippen LogP contribution in [0.25, 0.3) is 6.08 Å². The van der Waals surface area contributed by atoms with Crippen molar-refractivity contribution in [1.82, 2.24) is 4.90 Å². The van der Waals surface area contributed by atoms with Crippen LogP contribution in [0.4, 0.5) is 5.69 Å². The topological polar surface area (TPSA) is 89.8 Å². The smallest absolute Gasteiger partial charge is 0.328 e. The lowest BCUT2D eigenvalue weighted by Crippen LogP contribution is -2.42. The number of rotatable bonds is 4. The van der Waals surface area contributed by atoms with Gasteiger partial charge in [-0.15, -0.1) is 0 Å². The molecule has 0 aliphatic carbocycles. The van der Waals surface area contributed by atoms with Crippen LogP contribution in [0.5, 0.6) is 0 Å². The zero-order valence-electron chi connectivity index (χ0n) is 12.2. The molecule has 23 heavy (non-hydrogen) atoms. The molecule has 0 N–H and O–H groups in total. The molecule has 1 aromatic rings. The fourth-order valence-corrected chi connectivity index (χ4v) is 3.39. The minimum absolute atomic E-state index is 0.0721. The summed E-state index contributed by atoms with van der Waals surface area (Å²) in [5, 5.41) is 10.8. The molecule has 1 aliphatic heterocycles. The van der Waals surface area contributed by atoms with Crippen molar-refractivity contribution >= 4 is 51.9 Å². The summed E-state index contributed by atoms with van der Waals surface area (Å²) in [5.74, 6) is -0.998. The lowest BCUT2D eigenvalue weighted by atomic mass is 10.2. The lowest BCUT2D eigenvalue weighted by molar-refractivity contribution is -0.384. The van der Waals surface area contributed by atoms with Gasteiger partial charge in [-0.1, -0.05) is 36.1 Å². The Morgan fingerprint density at radius 3 is 2.83 bits per heavy atom. The maximum atomic E-state index is 12.4. The normalized spacial score (nSPS) is 17.5. The van der Waals surface area contributed by atoms with E-state index in [-0.39, 0.29) is 10.0 Å². The van der Waals surface area contributed by atoms with Crippen molar-refractivity contribution in [3.05, 3.63) is 44.8 Å². The number of nitro groups is 1. The number of methoxy groups -OCH3 is 1. The molecule has 1 amide bonds. The van der Waals surface area contributed by atoms with Gasteiger partial charge in [-0.3, -0.25) is 19.8 Å². The molecule has 1 aromatic carbocycles. The van der Waals surface area contributed by atoms with Gasteiger partial charge in [-0.05, 0) is 18.6 Å². The van der Waals surface area contributed by atoms with Gasteiger partial charge < -0.3 is 4.74 Å². The first-order valence-electron chi connectivity index (χ1n) is 6.44. The van der Waals surface area contributed by atoms with E-state index in [9.17, 15) is 19.7 Å². The summed E-state index contributed by atoms with van der Waals surface area (Å²) in [5.41, 5.74) is 0.433. The Morgan fingerprint density at radius 2 is 2.22 bits per heavy atom. The minimum Gasteiger partial charge on any atom is -0.467 e. The Hall–Kier alpha value is -2.26. The number of carbonyl (C=O) groups is 2. The summed E-state index contributed by atoms with van der Waals surface area (Å²) in [7, 11) is 1.23. The van der Waals surface area contributed by atoms with Crippen LogP contribution in [-0.4, -0.2) is 39.2 Å². The highest BCUT2D eigenvalue weighted by Gasteiger charge is 2.38. The quantitative estimate of drug-likeness (QED) is 0.270. The summed E-state index contributed by atoms with van der Waals surface area (Å²) in [6, 6.07) is 5.06. The van der Waals surface area contributed by atoms with E-state index in [2.05, 4.69) is 4.74 Å². The monoisotopic (exact) mass is 352 g/mol. The Bertz CT molecular complexity index is 732. The summed E-state index contributed by atoms with van der Waals surface area (Å²) in [6.07, 6.45) is 1.51. The number of thioether (sulfide) groups is 1. The molecule has 0 spiro atoms. The van der Waals surface area contributed by atoms with Crippen molar-refractivity contribution in [3.63, 3.8) is 0 Å². The van der Waals surface area contributed by atoms with Crippen molar-refractivity contribution in [2.75, 3.05) is 7.11 Å². The Labute approximate surface area is 141 Å². The van der Waals surface area contributed by atoms with Crippen molar-refractivity contribution in [3.8, 4) is 0 Å². The van der Waals surface area contributed by atoms with Gasteiger partial charge in [0.25, 0.3) is 11.6 Å². The molecule has 1 heterocycles. The molecule has 0 bridgehead atoms. The number of benzene rings is 1. The number of ether oxygens (including phenoxy) is 1. The Kier molecular flexibility index (Phi) is 5.12. The number of hydrogen-bond donors (Lipinski definition) is 0. The van der Waals surface area contributed by atoms with Gasteiger partial charge in [0, 0.05) is 12.1 Å². The Balaban J connectivity index is 2.30. The van der Waals surface area contributed by atoms with Gasteiger partial charge in [0.2, 0.25) is 0 Å². The lowest BCUT2D eigenvalue weighted by Gasteiger charge is -2.20.